The van der Waals surface area contributed by atoms with E-state index in [9.17, 15) is 0 Å². The van der Waals surface area contributed by atoms with E-state index in [1.54, 1.807) is 11.3 Å². The molecule has 1 heterocycles. The highest BCUT2D eigenvalue weighted by Crippen LogP contribution is 2.25. The van der Waals surface area contributed by atoms with Crippen LogP contribution in [-0.4, -0.2) is 0 Å². The summed E-state index contributed by atoms with van der Waals surface area (Å²) in [6.07, 6.45) is 5.37. The summed E-state index contributed by atoms with van der Waals surface area (Å²) < 4.78 is 1.27. The highest BCUT2D eigenvalue weighted by atomic mass is 32.1. The third-order valence-electron chi connectivity index (χ3n) is 1.88. The van der Waals surface area contributed by atoms with Crippen LogP contribution in [0.25, 0.3) is 10.1 Å². The SMILES string of the molecule is C#Cc1csc2ccc(C)cc12. The summed E-state index contributed by atoms with van der Waals surface area (Å²) in [7, 11) is 0. The Balaban J connectivity index is 2.86. The number of aryl methyl sites for hydroxylation is 1. The summed E-state index contributed by atoms with van der Waals surface area (Å²) in [5.41, 5.74) is 2.27. The fourth-order valence-corrected chi connectivity index (χ4v) is 2.14. The van der Waals surface area contributed by atoms with Crippen molar-refractivity contribution in [2.24, 2.45) is 0 Å². The predicted molar refractivity (Wildman–Crippen MR) is 54.5 cm³/mol. The van der Waals surface area contributed by atoms with Gasteiger partial charge < -0.3 is 0 Å². The predicted octanol–water partition coefficient (Wildman–Crippen LogP) is 3.19. The first-order valence-electron chi connectivity index (χ1n) is 3.76. The van der Waals surface area contributed by atoms with Crippen molar-refractivity contribution in [3.63, 3.8) is 0 Å². The molecule has 2 aromatic rings. The second-order valence-electron chi connectivity index (χ2n) is 2.79. The number of fused-ring (bicyclic) bond motifs is 1. The van der Waals surface area contributed by atoms with Gasteiger partial charge in [0.1, 0.15) is 0 Å². The van der Waals surface area contributed by atoms with Crippen molar-refractivity contribution in [2.45, 2.75) is 6.92 Å². The summed E-state index contributed by atoms with van der Waals surface area (Å²) in [5, 5.41) is 3.24. The van der Waals surface area contributed by atoms with Crippen molar-refractivity contribution < 1.29 is 0 Å². The molecule has 0 unspecified atom stereocenters. The van der Waals surface area contributed by atoms with E-state index in [4.69, 9.17) is 6.42 Å². The van der Waals surface area contributed by atoms with Gasteiger partial charge in [0, 0.05) is 21.0 Å². The Morgan fingerprint density at radius 2 is 2.25 bits per heavy atom. The van der Waals surface area contributed by atoms with Crippen LogP contribution in [0.4, 0.5) is 0 Å². The largest absolute Gasteiger partial charge is 0.142 e. The molecule has 2 rings (SSSR count). The number of benzene rings is 1. The Morgan fingerprint density at radius 3 is 3.00 bits per heavy atom. The molecule has 0 nitrogen and oxygen atoms in total. The second kappa shape index (κ2) is 2.66. The van der Waals surface area contributed by atoms with Crippen LogP contribution in [0.1, 0.15) is 11.1 Å². The zero-order valence-corrected chi connectivity index (χ0v) is 7.61. The van der Waals surface area contributed by atoms with E-state index < -0.39 is 0 Å². The Morgan fingerprint density at radius 1 is 1.42 bits per heavy atom. The minimum absolute atomic E-state index is 1.01. The van der Waals surface area contributed by atoms with Crippen LogP contribution in [0.5, 0.6) is 0 Å². The lowest BCUT2D eigenvalue weighted by atomic mass is 10.1. The zero-order chi connectivity index (χ0) is 8.55. The van der Waals surface area contributed by atoms with Gasteiger partial charge in [-0.15, -0.1) is 17.8 Å². The summed E-state index contributed by atoms with van der Waals surface area (Å²) >= 11 is 1.70. The first kappa shape index (κ1) is 7.39. The molecule has 0 aliphatic heterocycles. The van der Waals surface area contributed by atoms with E-state index in [0.717, 1.165) is 5.56 Å². The van der Waals surface area contributed by atoms with Gasteiger partial charge in [-0.3, -0.25) is 0 Å². The molecule has 0 N–H and O–H groups in total. The number of thiophene rings is 1. The lowest BCUT2D eigenvalue weighted by molar-refractivity contribution is 1.51. The monoisotopic (exact) mass is 172 g/mol. The van der Waals surface area contributed by atoms with E-state index in [1.807, 2.05) is 5.38 Å². The Hall–Kier alpha value is -1.26. The minimum atomic E-state index is 1.01. The molecule has 0 radical (unpaired) electrons. The molecular weight excluding hydrogens is 164 g/mol. The molecule has 58 valence electrons. The van der Waals surface area contributed by atoms with Gasteiger partial charge in [-0.05, 0) is 19.1 Å². The summed E-state index contributed by atoms with van der Waals surface area (Å²) in [4.78, 5) is 0. The smallest absolute Gasteiger partial charge is 0.0428 e. The van der Waals surface area contributed by atoms with Gasteiger partial charge in [0.05, 0.1) is 0 Å². The highest BCUT2D eigenvalue weighted by Gasteiger charge is 2.00. The van der Waals surface area contributed by atoms with Crippen molar-refractivity contribution in [3.8, 4) is 12.3 Å². The molecule has 0 atom stereocenters. The lowest BCUT2D eigenvalue weighted by Crippen LogP contribution is -1.72. The van der Waals surface area contributed by atoms with Crippen LogP contribution in [-0.2, 0) is 0 Å². The highest BCUT2D eigenvalue weighted by molar-refractivity contribution is 7.17. The van der Waals surface area contributed by atoms with Crippen LogP contribution in [0.15, 0.2) is 23.6 Å². The second-order valence-corrected chi connectivity index (χ2v) is 3.70. The maximum absolute atomic E-state index is 5.37. The number of terminal acetylenes is 1. The molecule has 0 bridgehead atoms. The Labute approximate surface area is 75.8 Å². The van der Waals surface area contributed by atoms with Gasteiger partial charge in [0.15, 0.2) is 0 Å². The fourth-order valence-electron chi connectivity index (χ4n) is 1.25. The average Bonchev–Trinajstić information content (AvgIpc) is 2.46. The molecule has 0 aliphatic carbocycles. The van der Waals surface area contributed by atoms with Gasteiger partial charge in [-0.1, -0.05) is 17.6 Å². The van der Waals surface area contributed by atoms with Crippen molar-refractivity contribution in [2.75, 3.05) is 0 Å². The molecule has 1 aromatic heterocycles. The number of rotatable bonds is 0. The molecule has 0 saturated heterocycles. The van der Waals surface area contributed by atoms with Gasteiger partial charge >= 0.3 is 0 Å². The van der Waals surface area contributed by atoms with Crippen LogP contribution >= 0.6 is 11.3 Å². The number of hydrogen-bond donors (Lipinski definition) is 0. The summed E-state index contributed by atoms with van der Waals surface area (Å²) in [6, 6.07) is 6.37. The molecule has 0 spiro atoms. The summed E-state index contributed by atoms with van der Waals surface area (Å²) in [6.45, 7) is 2.08. The molecule has 1 aromatic carbocycles. The first-order chi connectivity index (χ1) is 5.81. The minimum Gasteiger partial charge on any atom is -0.142 e. The topological polar surface area (TPSA) is 0 Å². The molecule has 0 aliphatic rings. The molecule has 0 fully saturated rings. The molecule has 0 saturated carbocycles. The first-order valence-corrected chi connectivity index (χ1v) is 4.63. The van der Waals surface area contributed by atoms with Crippen molar-refractivity contribution in [1.82, 2.24) is 0 Å². The average molecular weight is 172 g/mol. The maximum atomic E-state index is 5.37. The van der Waals surface area contributed by atoms with Gasteiger partial charge in [0.25, 0.3) is 0 Å². The van der Waals surface area contributed by atoms with Crippen LogP contribution in [0.2, 0.25) is 0 Å². The molecule has 0 amide bonds. The van der Waals surface area contributed by atoms with E-state index in [1.165, 1.54) is 15.6 Å². The van der Waals surface area contributed by atoms with Gasteiger partial charge in [-0.25, -0.2) is 0 Å². The molecular formula is C11H8S. The quantitative estimate of drug-likeness (QED) is 0.535. The molecule has 12 heavy (non-hydrogen) atoms. The van der Waals surface area contributed by atoms with Crippen LogP contribution in [0, 0.1) is 19.3 Å². The third kappa shape index (κ3) is 1.01. The number of hydrogen-bond acceptors (Lipinski definition) is 1. The van der Waals surface area contributed by atoms with Crippen molar-refractivity contribution >= 4 is 21.4 Å². The van der Waals surface area contributed by atoms with E-state index in [-0.39, 0.29) is 0 Å². The zero-order valence-electron chi connectivity index (χ0n) is 6.79. The van der Waals surface area contributed by atoms with Crippen LogP contribution in [0.3, 0.4) is 0 Å². The van der Waals surface area contributed by atoms with Crippen LogP contribution < -0.4 is 0 Å². The van der Waals surface area contributed by atoms with E-state index in [0.29, 0.717) is 0 Å². The standard InChI is InChI=1S/C11H8S/c1-3-9-7-12-11-5-4-8(2)6-10(9)11/h1,4-7H,2H3. The van der Waals surface area contributed by atoms with E-state index in [2.05, 4.69) is 31.0 Å². The maximum Gasteiger partial charge on any atom is 0.0428 e. The third-order valence-corrected chi connectivity index (χ3v) is 2.85. The summed E-state index contributed by atoms with van der Waals surface area (Å²) in [5.74, 6) is 2.69. The van der Waals surface area contributed by atoms with Gasteiger partial charge in [0.2, 0.25) is 0 Å². The Bertz CT molecular complexity index is 457. The van der Waals surface area contributed by atoms with Crippen molar-refractivity contribution in [1.29, 1.82) is 0 Å². The fraction of sp³-hybridized carbons (Fsp3) is 0.0909. The van der Waals surface area contributed by atoms with Gasteiger partial charge in [-0.2, -0.15) is 0 Å². The lowest BCUT2D eigenvalue weighted by Gasteiger charge is -1.92. The van der Waals surface area contributed by atoms with Crippen molar-refractivity contribution in [3.05, 3.63) is 34.7 Å². The normalized spacial score (nSPS) is 10.0. The molecule has 1 heteroatoms. The Kier molecular flexibility index (Phi) is 1.64. The van der Waals surface area contributed by atoms with E-state index >= 15 is 0 Å².